The molecule has 1 aliphatic rings. The second kappa shape index (κ2) is 8.64. The van der Waals surface area contributed by atoms with Gasteiger partial charge in [-0.1, -0.05) is 12.1 Å². The van der Waals surface area contributed by atoms with Gasteiger partial charge in [-0.05, 0) is 12.1 Å². The first-order valence-corrected chi connectivity index (χ1v) is 8.12. The summed E-state index contributed by atoms with van der Waals surface area (Å²) < 4.78 is 72.0. The van der Waals surface area contributed by atoms with Gasteiger partial charge in [0.25, 0.3) is 5.91 Å². The molecule has 0 unspecified atom stereocenters. The lowest BCUT2D eigenvalue weighted by atomic mass is 10.0. The Bertz CT molecular complexity index is 1060. The second-order valence-electron chi connectivity index (χ2n) is 6.03. The molecule has 1 aromatic carbocycles. The summed E-state index contributed by atoms with van der Waals surface area (Å²) >= 11 is 0. The van der Waals surface area contributed by atoms with Crippen LogP contribution in [0.4, 0.5) is 32.2 Å². The SMILES string of the molecule is O=C(O)C(F)(F)F.O=C(O)Cn1cnc(NC(=O)c2cccc(C3(C(F)(F)F)N=N3)c2)c1. The van der Waals surface area contributed by atoms with Crippen LogP contribution in [0.3, 0.4) is 0 Å². The molecule has 16 heteroatoms. The molecule has 10 nitrogen and oxygen atoms in total. The van der Waals surface area contributed by atoms with Crippen LogP contribution in [0, 0.1) is 0 Å². The molecular formula is C16H11F6N5O5. The summed E-state index contributed by atoms with van der Waals surface area (Å²) in [6.45, 7) is -0.338. The van der Waals surface area contributed by atoms with Crippen molar-refractivity contribution in [1.29, 1.82) is 0 Å². The minimum absolute atomic E-state index is 0.0359. The number of amides is 1. The van der Waals surface area contributed by atoms with Gasteiger partial charge in [-0.3, -0.25) is 9.59 Å². The van der Waals surface area contributed by atoms with E-state index in [1.165, 1.54) is 35.3 Å². The van der Waals surface area contributed by atoms with Gasteiger partial charge in [0.2, 0.25) is 0 Å². The molecule has 0 atom stereocenters. The number of nitrogens with one attached hydrogen (secondary N) is 1. The summed E-state index contributed by atoms with van der Waals surface area (Å²) in [7, 11) is 0. The lowest BCUT2D eigenvalue weighted by Gasteiger charge is -2.15. The van der Waals surface area contributed by atoms with Crippen molar-refractivity contribution in [3.8, 4) is 0 Å². The topological polar surface area (TPSA) is 146 Å². The third-order valence-electron chi connectivity index (χ3n) is 3.66. The van der Waals surface area contributed by atoms with E-state index < -0.39 is 35.9 Å². The minimum Gasteiger partial charge on any atom is -0.480 e. The average molecular weight is 467 g/mol. The molecule has 1 amide bonds. The smallest absolute Gasteiger partial charge is 0.480 e. The van der Waals surface area contributed by atoms with Crippen LogP contribution < -0.4 is 5.32 Å². The van der Waals surface area contributed by atoms with Crippen molar-refractivity contribution in [3.05, 3.63) is 47.9 Å². The Morgan fingerprint density at radius 1 is 1.06 bits per heavy atom. The highest BCUT2D eigenvalue weighted by molar-refractivity contribution is 6.03. The predicted molar refractivity (Wildman–Crippen MR) is 90.5 cm³/mol. The predicted octanol–water partition coefficient (Wildman–Crippen LogP) is 3.03. The van der Waals surface area contributed by atoms with E-state index in [9.17, 15) is 35.9 Å². The van der Waals surface area contributed by atoms with E-state index in [1.807, 2.05) is 0 Å². The lowest BCUT2D eigenvalue weighted by Crippen LogP contribution is -2.30. The van der Waals surface area contributed by atoms with Crippen molar-refractivity contribution in [2.45, 2.75) is 24.6 Å². The van der Waals surface area contributed by atoms with Crippen LogP contribution in [0.5, 0.6) is 0 Å². The van der Waals surface area contributed by atoms with Gasteiger partial charge < -0.3 is 20.1 Å². The molecule has 0 aliphatic carbocycles. The summed E-state index contributed by atoms with van der Waals surface area (Å²) in [6, 6.07) is 4.87. The molecule has 0 saturated heterocycles. The van der Waals surface area contributed by atoms with E-state index in [0.717, 1.165) is 6.07 Å². The van der Waals surface area contributed by atoms with Crippen molar-refractivity contribution in [2.24, 2.45) is 10.2 Å². The van der Waals surface area contributed by atoms with E-state index in [2.05, 4.69) is 20.5 Å². The van der Waals surface area contributed by atoms with Gasteiger partial charge in [0.1, 0.15) is 6.54 Å². The molecule has 2 aromatic rings. The minimum atomic E-state index is -5.08. The van der Waals surface area contributed by atoms with Gasteiger partial charge in [0, 0.05) is 17.3 Å². The van der Waals surface area contributed by atoms with Gasteiger partial charge in [-0.15, -0.1) is 10.2 Å². The van der Waals surface area contributed by atoms with E-state index in [0.29, 0.717) is 0 Å². The summed E-state index contributed by atoms with van der Waals surface area (Å²) in [5, 5.41) is 24.4. The maximum Gasteiger partial charge on any atom is 0.490 e. The molecular weight excluding hydrogens is 456 g/mol. The van der Waals surface area contributed by atoms with Crippen molar-refractivity contribution in [1.82, 2.24) is 9.55 Å². The molecule has 32 heavy (non-hydrogen) atoms. The summed E-state index contributed by atoms with van der Waals surface area (Å²) in [5.74, 6) is -4.46. The Labute approximate surface area is 173 Å². The van der Waals surface area contributed by atoms with Crippen molar-refractivity contribution in [3.63, 3.8) is 0 Å². The fourth-order valence-electron chi connectivity index (χ4n) is 2.18. The van der Waals surface area contributed by atoms with Crippen LogP contribution in [-0.4, -0.2) is 50.0 Å². The monoisotopic (exact) mass is 467 g/mol. The summed E-state index contributed by atoms with van der Waals surface area (Å²) in [4.78, 5) is 35.5. The number of hydrogen-bond donors (Lipinski definition) is 3. The van der Waals surface area contributed by atoms with E-state index >= 15 is 0 Å². The third-order valence-corrected chi connectivity index (χ3v) is 3.66. The highest BCUT2D eigenvalue weighted by Gasteiger charge is 2.65. The van der Waals surface area contributed by atoms with Crippen LogP contribution in [0.1, 0.15) is 15.9 Å². The van der Waals surface area contributed by atoms with Crippen LogP contribution in [-0.2, 0) is 21.8 Å². The number of aliphatic carboxylic acids is 2. The summed E-state index contributed by atoms with van der Waals surface area (Å²) in [5.41, 5.74) is -2.90. The molecule has 2 heterocycles. The Morgan fingerprint density at radius 2 is 1.66 bits per heavy atom. The van der Waals surface area contributed by atoms with Gasteiger partial charge in [0.05, 0.1) is 6.33 Å². The largest absolute Gasteiger partial charge is 0.490 e. The van der Waals surface area contributed by atoms with Crippen LogP contribution >= 0.6 is 0 Å². The molecule has 1 aromatic heterocycles. The normalized spacial score (nSPS) is 14.2. The van der Waals surface area contributed by atoms with Gasteiger partial charge in [-0.2, -0.15) is 26.3 Å². The zero-order valence-corrected chi connectivity index (χ0v) is 15.3. The maximum absolute atomic E-state index is 13.0. The number of carboxylic acids is 2. The Kier molecular flexibility index (Phi) is 6.56. The molecule has 3 rings (SSSR count). The van der Waals surface area contributed by atoms with Crippen LogP contribution in [0.25, 0.3) is 0 Å². The zero-order valence-electron chi connectivity index (χ0n) is 15.3. The molecule has 0 saturated carbocycles. The molecule has 0 bridgehead atoms. The van der Waals surface area contributed by atoms with Crippen molar-refractivity contribution >= 4 is 23.7 Å². The van der Waals surface area contributed by atoms with Gasteiger partial charge >= 0.3 is 30.0 Å². The van der Waals surface area contributed by atoms with E-state index in [1.54, 1.807) is 0 Å². The first-order valence-electron chi connectivity index (χ1n) is 8.12. The first-order chi connectivity index (χ1) is 14.7. The Balaban J connectivity index is 0.000000451. The van der Waals surface area contributed by atoms with E-state index in [4.69, 9.17) is 15.0 Å². The number of rotatable bonds is 5. The summed E-state index contributed by atoms with van der Waals surface area (Å²) in [6.07, 6.45) is -7.27. The molecule has 0 radical (unpaired) electrons. The zero-order chi connectivity index (χ0) is 24.3. The van der Waals surface area contributed by atoms with Gasteiger partial charge in [-0.25, -0.2) is 9.78 Å². The number of aromatic nitrogens is 2. The number of halogens is 6. The van der Waals surface area contributed by atoms with Crippen LogP contribution in [0.15, 0.2) is 47.0 Å². The number of anilines is 1. The first kappa shape index (κ1) is 24.3. The quantitative estimate of drug-likeness (QED) is 0.576. The number of carbonyl (C=O) groups excluding carboxylic acids is 1. The number of carboxylic acid groups (broad SMARTS) is 2. The van der Waals surface area contributed by atoms with E-state index in [-0.39, 0.29) is 23.5 Å². The van der Waals surface area contributed by atoms with Gasteiger partial charge in [0.15, 0.2) is 5.82 Å². The highest BCUT2D eigenvalue weighted by atomic mass is 19.4. The molecule has 1 aliphatic heterocycles. The third kappa shape index (κ3) is 5.79. The highest BCUT2D eigenvalue weighted by Crippen LogP contribution is 2.52. The maximum atomic E-state index is 13.0. The number of benzene rings is 1. The number of alkyl halides is 6. The number of hydrogen-bond acceptors (Lipinski definition) is 6. The fourth-order valence-corrected chi connectivity index (χ4v) is 2.18. The standard InChI is InChI=1S/C14H10F3N5O3.C2HF3O2/c15-14(16,17)13(20-21-13)9-3-1-2-8(4-9)12(25)19-10-5-22(7-18-10)6-11(23)24;3-2(4,5)1(6)7/h1-5,7H,6H2,(H,19,25)(H,23,24);(H,6,7). The van der Waals surface area contributed by atoms with Crippen molar-refractivity contribution in [2.75, 3.05) is 5.32 Å². The molecule has 3 N–H and O–H groups in total. The number of carbonyl (C=O) groups is 3. The molecule has 172 valence electrons. The number of imidazole rings is 1. The van der Waals surface area contributed by atoms with Crippen molar-refractivity contribution < 1.29 is 50.9 Å². The Morgan fingerprint density at radius 3 is 2.12 bits per heavy atom. The lowest BCUT2D eigenvalue weighted by molar-refractivity contribution is -0.192. The van der Waals surface area contributed by atoms with Crippen LogP contribution in [0.2, 0.25) is 0 Å². The number of nitrogens with zero attached hydrogens (tertiary/aromatic N) is 4. The molecule has 0 fully saturated rings. The Hall–Kier alpha value is -3.98. The second-order valence-corrected chi connectivity index (χ2v) is 6.03. The average Bonchev–Trinajstić information content (AvgIpc) is 3.38. The fraction of sp³-hybridized carbons (Fsp3) is 0.250. The molecule has 0 spiro atoms.